The molecular formula is C10H11ClN4. The fourth-order valence-electron chi connectivity index (χ4n) is 1.49. The molecule has 0 radical (unpaired) electrons. The molecule has 0 amide bonds. The van der Waals surface area contributed by atoms with Gasteiger partial charge in [0.05, 0.1) is 5.02 Å². The molecule has 15 heavy (non-hydrogen) atoms. The number of anilines is 1. The van der Waals surface area contributed by atoms with Gasteiger partial charge in [0.15, 0.2) is 5.65 Å². The van der Waals surface area contributed by atoms with Gasteiger partial charge in [-0.2, -0.15) is 4.98 Å². The van der Waals surface area contributed by atoms with Gasteiger partial charge < -0.3 is 5.32 Å². The molecule has 1 aliphatic rings. The second-order valence-electron chi connectivity index (χ2n) is 3.91. The third-order valence-corrected chi connectivity index (χ3v) is 2.76. The predicted molar refractivity (Wildman–Crippen MR) is 59.2 cm³/mol. The van der Waals surface area contributed by atoms with Crippen LogP contribution < -0.4 is 5.32 Å². The molecule has 5 heteroatoms. The minimum Gasteiger partial charge on any atom is -0.353 e. The van der Waals surface area contributed by atoms with Crippen molar-refractivity contribution < 1.29 is 0 Å². The molecule has 78 valence electrons. The summed E-state index contributed by atoms with van der Waals surface area (Å²) in [7, 11) is 0. The van der Waals surface area contributed by atoms with E-state index >= 15 is 0 Å². The lowest BCUT2D eigenvalue weighted by atomic mass is 10.4. The highest BCUT2D eigenvalue weighted by Crippen LogP contribution is 2.28. The fraction of sp³-hybridized carbons (Fsp3) is 0.400. The number of nitrogens with one attached hydrogen (secondary N) is 1. The molecule has 0 saturated heterocycles. The number of rotatable bonds is 3. The lowest BCUT2D eigenvalue weighted by Gasteiger charge is -1.96. The highest BCUT2D eigenvalue weighted by molar-refractivity contribution is 6.30. The van der Waals surface area contributed by atoms with Crippen molar-refractivity contribution in [1.82, 2.24) is 14.6 Å². The molecule has 3 rings (SSSR count). The normalized spacial score (nSPS) is 15.8. The van der Waals surface area contributed by atoms with Crippen molar-refractivity contribution in [3.8, 4) is 0 Å². The topological polar surface area (TPSA) is 42.2 Å². The second kappa shape index (κ2) is 3.38. The highest BCUT2D eigenvalue weighted by Gasteiger charge is 2.21. The molecular weight excluding hydrogens is 212 g/mol. The minimum atomic E-state index is 0.668. The Hall–Kier alpha value is -1.29. The predicted octanol–water partition coefficient (Wildman–Crippen LogP) is 2.20. The average molecular weight is 223 g/mol. The van der Waals surface area contributed by atoms with Crippen LogP contribution in [-0.2, 0) is 0 Å². The minimum absolute atomic E-state index is 0.668. The van der Waals surface area contributed by atoms with Crippen LogP contribution >= 0.6 is 11.6 Å². The first kappa shape index (κ1) is 8.97. The zero-order valence-electron chi connectivity index (χ0n) is 8.15. The van der Waals surface area contributed by atoms with Crippen LogP contribution in [0.5, 0.6) is 0 Å². The third kappa shape index (κ3) is 1.90. The Morgan fingerprint density at radius 1 is 1.47 bits per heavy atom. The molecule has 0 bridgehead atoms. The summed E-state index contributed by atoms with van der Waals surface area (Å²) in [6.45, 7) is 0.977. The van der Waals surface area contributed by atoms with Gasteiger partial charge in [-0.25, -0.2) is 4.52 Å². The first-order valence-electron chi connectivity index (χ1n) is 5.07. The fourth-order valence-corrected chi connectivity index (χ4v) is 1.65. The van der Waals surface area contributed by atoms with Gasteiger partial charge in [-0.05, 0) is 30.9 Å². The maximum atomic E-state index is 5.86. The van der Waals surface area contributed by atoms with E-state index in [1.54, 1.807) is 10.7 Å². The largest absolute Gasteiger partial charge is 0.353 e. The second-order valence-corrected chi connectivity index (χ2v) is 4.35. The van der Waals surface area contributed by atoms with Crippen molar-refractivity contribution >= 4 is 23.2 Å². The smallest absolute Gasteiger partial charge is 0.243 e. The van der Waals surface area contributed by atoms with E-state index in [4.69, 9.17) is 11.6 Å². The lowest BCUT2D eigenvalue weighted by Crippen LogP contribution is -2.04. The van der Waals surface area contributed by atoms with Crippen LogP contribution in [0.3, 0.4) is 0 Å². The summed E-state index contributed by atoms with van der Waals surface area (Å²) >= 11 is 5.86. The van der Waals surface area contributed by atoms with E-state index in [0.29, 0.717) is 11.0 Å². The molecule has 0 atom stereocenters. The molecule has 0 aromatic carbocycles. The standard InChI is InChI=1S/C10H11ClN4/c11-8-3-4-9-13-10(14-15(9)6-8)12-5-7-1-2-7/h3-4,6-7H,1-2,5H2,(H,12,14). The Morgan fingerprint density at radius 2 is 2.33 bits per heavy atom. The van der Waals surface area contributed by atoms with Gasteiger partial charge in [0.1, 0.15) is 0 Å². The molecule has 1 fully saturated rings. The number of aromatic nitrogens is 3. The molecule has 0 aliphatic heterocycles. The van der Waals surface area contributed by atoms with Crippen molar-refractivity contribution in [3.63, 3.8) is 0 Å². The first-order valence-corrected chi connectivity index (χ1v) is 5.45. The van der Waals surface area contributed by atoms with E-state index < -0.39 is 0 Å². The van der Waals surface area contributed by atoms with Gasteiger partial charge in [-0.15, -0.1) is 5.10 Å². The van der Waals surface area contributed by atoms with Crippen LogP contribution in [-0.4, -0.2) is 21.1 Å². The summed E-state index contributed by atoms with van der Waals surface area (Å²) in [5.41, 5.74) is 0.817. The van der Waals surface area contributed by atoms with E-state index in [1.807, 2.05) is 12.1 Å². The summed E-state index contributed by atoms with van der Waals surface area (Å²) in [5.74, 6) is 1.50. The lowest BCUT2D eigenvalue weighted by molar-refractivity contribution is 0.867. The molecule has 0 spiro atoms. The van der Waals surface area contributed by atoms with Crippen LogP contribution in [0, 0.1) is 5.92 Å². The summed E-state index contributed by atoms with van der Waals surface area (Å²) in [4.78, 5) is 4.34. The van der Waals surface area contributed by atoms with E-state index in [0.717, 1.165) is 18.1 Å². The summed E-state index contributed by atoms with van der Waals surface area (Å²) in [6, 6.07) is 3.67. The van der Waals surface area contributed by atoms with E-state index in [2.05, 4.69) is 15.4 Å². The van der Waals surface area contributed by atoms with E-state index in [-0.39, 0.29) is 0 Å². The van der Waals surface area contributed by atoms with Crippen LogP contribution in [0.2, 0.25) is 5.02 Å². The molecule has 1 aliphatic carbocycles. The number of hydrogen-bond acceptors (Lipinski definition) is 3. The van der Waals surface area contributed by atoms with Crippen molar-refractivity contribution in [2.45, 2.75) is 12.8 Å². The Kier molecular flexibility index (Phi) is 2.02. The molecule has 2 aromatic rings. The zero-order chi connectivity index (χ0) is 10.3. The van der Waals surface area contributed by atoms with Gasteiger partial charge in [0.25, 0.3) is 0 Å². The van der Waals surface area contributed by atoms with Gasteiger partial charge in [-0.3, -0.25) is 0 Å². The van der Waals surface area contributed by atoms with Crippen LogP contribution in [0.15, 0.2) is 18.3 Å². The SMILES string of the molecule is Clc1ccc2nc(NCC3CC3)nn2c1. The average Bonchev–Trinajstić information content (AvgIpc) is 2.95. The molecule has 4 nitrogen and oxygen atoms in total. The summed E-state index contributed by atoms with van der Waals surface area (Å²) in [6.07, 6.45) is 4.41. The Bertz CT molecular complexity index is 489. The van der Waals surface area contributed by atoms with Gasteiger partial charge >= 0.3 is 0 Å². The Labute approximate surface area is 92.3 Å². The number of nitrogens with zero attached hydrogens (tertiary/aromatic N) is 3. The van der Waals surface area contributed by atoms with Crippen molar-refractivity contribution in [2.75, 3.05) is 11.9 Å². The Morgan fingerprint density at radius 3 is 3.13 bits per heavy atom. The van der Waals surface area contributed by atoms with Crippen molar-refractivity contribution in [2.24, 2.45) is 5.92 Å². The van der Waals surface area contributed by atoms with E-state index in [9.17, 15) is 0 Å². The first-order chi connectivity index (χ1) is 7.31. The number of pyridine rings is 1. The Balaban J connectivity index is 1.84. The molecule has 2 aromatic heterocycles. The number of hydrogen-bond donors (Lipinski definition) is 1. The van der Waals surface area contributed by atoms with Crippen molar-refractivity contribution in [1.29, 1.82) is 0 Å². The third-order valence-electron chi connectivity index (χ3n) is 2.54. The monoisotopic (exact) mass is 222 g/mol. The quantitative estimate of drug-likeness (QED) is 0.866. The maximum Gasteiger partial charge on any atom is 0.243 e. The van der Waals surface area contributed by atoms with Gasteiger partial charge in [0, 0.05) is 12.7 Å². The summed E-state index contributed by atoms with van der Waals surface area (Å²) in [5, 5.41) is 8.18. The van der Waals surface area contributed by atoms with E-state index in [1.165, 1.54) is 12.8 Å². The van der Waals surface area contributed by atoms with Gasteiger partial charge in [-0.1, -0.05) is 11.6 Å². The van der Waals surface area contributed by atoms with Crippen LogP contribution in [0.4, 0.5) is 5.95 Å². The zero-order valence-corrected chi connectivity index (χ0v) is 8.91. The maximum absolute atomic E-state index is 5.86. The highest BCUT2D eigenvalue weighted by atomic mass is 35.5. The van der Waals surface area contributed by atoms with Crippen LogP contribution in [0.25, 0.3) is 5.65 Å². The van der Waals surface area contributed by atoms with Crippen molar-refractivity contribution in [3.05, 3.63) is 23.4 Å². The summed E-state index contributed by atoms with van der Waals surface area (Å²) < 4.78 is 1.69. The molecule has 1 saturated carbocycles. The number of halogens is 1. The van der Waals surface area contributed by atoms with Gasteiger partial charge in [0.2, 0.25) is 5.95 Å². The van der Waals surface area contributed by atoms with Crippen LogP contribution in [0.1, 0.15) is 12.8 Å². The molecule has 0 unspecified atom stereocenters. The molecule has 1 N–H and O–H groups in total. The number of fused-ring (bicyclic) bond motifs is 1. The molecule has 2 heterocycles.